The average Bonchev–Trinajstić information content (AvgIpc) is 3.02. The number of fused-ring (bicyclic) bond motifs is 2. The number of halogens is 1. The van der Waals surface area contributed by atoms with Crippen LogP contribution in [0.25, 0.3) is 17.0 Å². The van der Waals surface area contributed by atoms with Crippen LogP contribution in [0.5, 0.6) is 0 Å². The molecule has 1 atom stereocenters. The molecule has 0 spiro atoms. The normalized spacial score (nSPS) is 16.3. The van der Waals surface area contributed by atoms with E-state index in [0.29, 0.717) is 0 Å². The summed E-state index contributed by atoms with van der Waals surface area (Å²) in [5.41, 5.74) is 3.83. The maximum absolute atomic E-state index is 13.5. The number of rotatable bonds is 3. The van der Waals surface area contributed by atoms with Gasteiger partial charge in [-0.2, -0.15) is 0 Å². The molecule has 3 aromatic rings. The highest BCUT2D eigenvalue weighted by atomic mass is 19.1. The van der Waals surface area contributed by atoms with Crippen LogP contribution < -0.4 is 5.32 Å². The van der Waals surface area contributed by atoms with Crippen molar-refractivity contribution in [1.82, 2.24) is 10.3 Å². The number of benzene rings is 2. The first-order chi connectivity index (χ1) is 12.2. The summed E-state index contributed by atoms with van der Waals surface area (Å²) < 4.78 is 13.5. The van der Waals surface area contributed by atoms with Crippen molar-refractivity contribution in [2.24, 2.45) is 0 Å². The Morgan fingerprint density at radius 1 is 1.20 bits per heavy atom. The molecule has 1 aliphatic rings. The van der Waals surface area contributed by atoms with Gasteiger partial charge in [0, 0.05) is 17.7 Å². The van der Waals surface area contributed by atoms with E-state index >= 15 is 0 Å². The second-order valence-corrected chi connectivity index (χ2v) is 6.19. The van der Waals surface area contributed by atoms with Crippen molar-refractivity contribution in [2.75, 3.05) is 0 Å². The predicted octanol–water partition coefficient (Wildman–Crippen LogP) is 4.19. The molecule has 0 bridgehead atoms. The van der Waals surface area contributed by atoms with Gasteiger partial charge in [-0.1, -0.05) is 24.3 Å². The SMILES string of the molecule is O=C(/C=C/c1ccnc2ccccc12)NC1CCc2ccc(F)cc21. The van der Waals surface area contributed by atoms with Crippen LogP contribution in [0.2, 0.25) is 0 Å². The average molecular weight is 332 g/mol. The standard InChI is InChI=1S/C21H17FN2O/c22-16-8-5-14-6-9-20(18(14)13-16)24-21(25)10-7-15-11-12-23-19-4-2-1-3-17(15)19/h1-5,7-8,10-13,20H,6,9H2,(H,24,25)/b10-7+. The third-order valence-electron chi connectivity index (χ3n) is 4.60. The van der Waals surface area contributed by atoms with Crippen molar-refractivity contribution in [3.05, 3.63) is 83.3 Å². The van der Waals surface area contributed by atoms with Crippen molar-refractivity contribution in [1.29, 1.82) is 0 Å². The van der Waals surface area contributed by atoms with Gasteiger partial charge in [-0.05, 0) is 59.9 Å². The maximum Gasteiger partial charge on any atom is 0.244 e. The number of carbonyl (C=O) groups is 1. The molecule has 0 radical (unpaired) electrons. The number of nitrogens with zero attached hydrogens (tertiary/aromatic N) is 1. The Labute approximate surface area is 145 Å². The zero-order chi connectivity index (χ0) is 17.2. The number of pyridine rings is 1. The number of amides is 1. The van der Waals surface area contributed by atoms with Gasteiger partial charge in [-0.3, -0.25) is 9.78 Å². The molecule has 0 saturated carbocycles. The second kappa shape index (κ2) is 6.48. The molecular formula is C21H17FN2O. The molecule has 1 amide bonds. The molecule has 0 fully saturated rings. The quantitative estimate of drug-likeness (QED) is 0.731. The molecular weight excluding hydrogens is 315 g/mol. The zero-order valence-corrected chi connectivity index (χ0v) is 13.6. The first-order valence-corrected chi connectivity index (χ1v) is 8.31. The largest absolute Gasteiger partial charge is 0.346 e. The molecule has 25 heavy (non-hydrogen) atoms. The van der Waals surface area contributed by atoms with Crippen molar-refractivity contribution < 1.29 is 9.18 Å². The molecule has 124 valence electrons. The number of carbonyl (C=O) groups excluding carboxylic acids is 1. The van der Waals surface area contributed by atoms with Gasteiger partial charge in [0.25, 0.3) is 0 Å². The van der Waals surface area contributed by atoms with Crippen LogP contribution in [0, 0.1) is 5.82 Å². The van der Waals surface area contributed by atoms with E-state index in [1.165, 1.54) is 18.2 Å². The predicted molar refractivity (Wildman–Crippen MR) is 96.4 cm³/mol. The number of hydrogen-bond acceptors (Lipinski definition) is 2. The van der Waals surface area contributed by atoms with Gasteiger partial charge < -0.3 is 5.32 Å². The van der Waals surface area contributed by atoms with E-state index < -0.39 is 0 Å². The summed E-state index contributed by atoms with van der Waals surface area (Å²) >= 11 is 0. The van der Waals surface area contributed by atoms with Gasteiger partial charge in [0.2, 0.25) is 5.91 Å². The number of aromatic nitrogens is 1. The van der Waals surface area contributed by atoms with Gasteiger partial charge in [-0.15, -0.1) is 0 Å². The van der Waals surface area contributed by atoms with Crippen molar-refractivity contribution >= 4 is 22.9 Å². The molecule has 0 saturated heterocycles. The highest BCUT2D eigenvalue weighted by molar-refractivity contribution is 5.95. The van der Waals surface area contributed by atoms with Crippen LogP contribution in [-0.4, -0.2) is 10.9 Å². The Balaban J connectivity index is 1.52. The smallest absolute Gasteiger partial charge is 0.244 e. The van der Waals surface area contributed by atoms with Gasteiger partial charge in [0.15, 0.2) is 0 Å². The summed E-state index contributed by atoms with van der Waals surface area (Å²) in [6.07, 6.45) is 6.71. The van der Waals surface area contributed by atoms with Crippen LogP contribution in [0.4, 0.5) is 4.39 Å². The number of nitrogens with one attached hydrogen (secondary N) is 1. The summed E-state index contributed by atoms with van der Waals surface area (Å²) in [6.45, 7) is 0. The highest BCUT2D eigenvalue weighted by Gasteiger charge is 2.23. The topological polar surface area (TPSA) is 42.0 Å². The number of para-hydroxylation sites is 1. The van der Waals surface area contributed by atoms with Crippen LogP contribution in [0.1, 0.15) is 29.2 Å². The van der Waals surface area contributed by atoms with Crippen LogP contribution in [-0.2, 0) is 11.2 Å². The molecule has 4 heteroatoms. The lowest BCUT2D eigenvalue weighted by atomic mass is 10.1. The number of aryl methyl sites for hydroxylation is 1. The number of hydrogen-bond donors (Lipinski definition) is 1. The fourth-order valence-corrected chi connectivity index (χ4v) is 3.37. The summed E-state index contributed by atoms with van der Waals surface area (Å²) in [7, 11) is 0. The fraction of sp³-hybridized carbons (Fsp3) is 0.143. The summed E-state index contributed by atoms with van der Waals surface area (Å²) in [5, 5.41) is 3.97. The zero-order valence-electron chi connectivity index (χ0n) is 13.6. The van der Waals surface area contributed by atoms with E-state index in [9.17, 15) is 9.18 Å². The molecule has 1 N–H and O–H groups in total. The molecule has 1 unspecified atom stereocenters. The van der Waals surface area contributed by atoms with Gasteiger partial charge in [0.05, 0.1) is 11.6 Å². The molecule has 1 aliphatic carbocycles. The first kappa shape index (κ1) is 15.5. The first-order valence-electron chi connectivity index (χ1n) is 8.31. The van der Waals surface area contributed by atoms with E-state index in [-0.39, 0.29) is 17.8 Å². The maximum atomic E-state index is 13.5. The minimum Gasteiger partial charge on any atom is -0.346 e. The van der Waals surface area contributed by atoms with E-state index in [1.807, 2.05) is 30.3 Å². The molecule has 2 aromatic carbocycles. The fourth-order valence-electron chi connectivity index (χ4n) is 3.37. The van der Waals surface area contributed by atoms with E-state index in [0.717, 1.165) is 40.4 Å². The van der Waals surface area contributed by atoms with E-state index in [4.69, 9.17) is 0 Å². The Bertz CT molecular complexity index is 975. The summed E-state index contributed by atoms with van der Waals surface area (Å²) in [4.78, 5) is 16.6. The van der Waals surface area contributed by atoms with Gasteiger partial charge >= 0.3 is 0 Å². The molecule has 1 aromatic heterocycles. The van der Waals surface area contributed by atoms with Gasteiger partial charge in [-0.25, -0.2) is 4.39 Å². The highest BCUT2D eigenvalue weighted by Crippen LogP contribution is 2.31. The van der Waals surface area contributed by atoms with Crippen LogP contribution in [0.15, 0.2) is 60.8 Å². The Morgan fingerprint density at radius 2 is 2.08 bits per heavy atom. The molecule has 1 heterocycles. The Kier molecular flexibility index (Phi) is 4.02. The lowest BCUT2D eigenvalue weighted by molar-refractivity contribution is -0.117. The second-order valence-electron chi connectivity index (χ2n) is 6.19. The lowest BCUT2D eigenvalue weighted by Crippen LogP contribution is -2.25. The third-order valence-corrected chi connectivity index (χ3v) is 4.60. The Hall–Kier alpha value is -3.01. The van der Waals surface area contributed by atoms with Gasteiger partial charge in [0.1, 0.15) is 5.82 Å². The summed E-state index contributed by atoms with van der Waals surface area (Å²) in [6, 6.07) is 14.4. The van der Waals surface area contributed by atoms with E-state index in [2.05, 4.69) is 10.3 Å². The molecule has 3 nitrogen and oxygen atoms in total. The van der Waals surface area contributed by atoms with Crippen LogP contribution >= 0.6 is 0 Å². The summed E-state index contributed by atoms with van der Waals surface area (Å²) in [5.74, 6) is -0.443. The van der Waals surface area contributed by atoms with Crippen molar-refractivity contribution in [2.45, 2.75) is 18.9 Å². The van der Waals surface area contributed by atoms with Crippen LogP contribution in [0.3, 0.4) is 0 Å². The lowest BCUT2D eigenvalue weighted by Gasteiger charge is -2.12. The van der Waals surface area contributed by atoms with Crippen molar-refractivity contribution in [3.63, 3.8) is 0 Å². The van der Waals surface area contributed by atoms with E-state index in [1.54, 1.807) is 18.3 Å². The van der Waals surface area contributed by atoms with Crippen molar-refractivity contribution in [3.8, 4) is 0 Å². The minimum absolute atomic E-state index is 0.128. The third kappa shape index (κ3) is 3.15. The monoisotopic (exact) mass is 332 g/mol. The Morgan fingerprint density at radius 3 is 3.00 bits per heavy atom. The molecule has 0 aliphatic heterocycles. The molecule has 4 rings (SSSR count). The minimum atomic E-state index is -0.265.